The van der Waals surface area contributed by atoms with Crippen molar-refractivity contribution in [2.24, 2.45) is 5.92 Å². The summed E-state index contributed by atoms with van der Waals surface area (Å²) < 4.78 is 4.70. The molecule has 0 spiro atoms. The molecule has 1 heterocycles. The molecule has 1 rings (SSSR count). The summed E-state index contributed by atoms with van der Waals surface area (Å²) in [4.78, 5) is 13.3. The van der Waals surface area contributed by atoms with Crippen LogP contribution in [0.3, 0.4) is 0 Å². The number of carbonyl (C=O) groups excluding carboxylic acids is 1. The van der Waals surface area contributed by atoms with Gasteiger partial charge in [0.05, 0.1) is 7.11 Å². The molecule has 2 atom stereocenters. The fourth-order valence-corrected chi connectivity index (χ4v) is 1.77. The minimum absolute atomic E-state index is 0.0406. The van der Waals surface area contributed by atoms with E-state index < -0.39 is 0 Å². The second-order valence-electron chi connectivity index (χ2n) is 3.94. The highest BCUT2D eigenvalue weighted by Crippen LogP contribution is 2.20. The van der Waals surface area contributed by atoms with Gasteiger partial charge in [0.15, 0.2) is 0 Å². The third kappa shape index (κ3) is 2.69. The zero-order chi connectivity index (χ0) is 10.6. The minimum atomic E-state index is -0.132. The normalized spacial score (nSPS) is 24.1. The molecule has 0 radical (unpaired) electrons. The molecule has 0 aromatic rings. The van der Waals surface area contributed by atoms with Crippen molar-refractivity contribution in [1.29, 1.82) is 0 Å². The predicted molar refractivity (Wildman–Crippen MR) is 52.9 cm³/mol. The summed E-state index contributed by atoms with van der Waals surface area (Å²) in [6, 6.07) is -0.0406. The summed E-state index contributed by atoms with van der Waals surface area (Å²) >= 11 is 0. The Morgan fingerprint density at radius 1 is 1.71 bits per heavy atom. The van der Waals surface area contributed by atoms with E-state index in [4.69, 9.17) is 9.84 Å². The maximum atomic E-state index is 11.2. The molecule has 0 aromatic carbocycles. The first-order valence-corrected chi connectivity index (χ1v) is 5.11. The molecule has 0 aromatic heterocycles. The van der Waals surface area contributed by atoms with E-state index in [-0.39, 0.29) is 18.6 Å². The number of likely N-dealkylation sites (tertiary alicyclic amines) is 1. The van der Waals surface area contributed by atoms with Crippen LogP contribution in [0.1, 0.15) is 19.8 Å². The molecule has 1 aliphatic heterocycles. The highest BCUT2D eigenvalue weighted by molar-refractivity contribution is 5.76. The average Bonchev–Trinajstić information content (AvgIpc) is 2.13. The SMILES string of the molecule is COC(=O)C1CCN1CC(C)CCO. The van der Waals surface area contributed by atoms with Gasteiger partial charge in [0.25, 0.3) is 0 Å². The van der Waals surface area contributed by atoms with E-state index in [1.165, 1.54) is 7.11 Å². The standard InChI is InChI=1S/C10H19NO3/c1-8(4-6-12)7-11-5-3-9(11)10(13)14-2/h8-9,12H,3-7H2,1-2H3. The summed E-state index contributed by atoms with van der Waals surface area (Å²) in [5.41, 5.74) is 0. The lowest BCUT2D eigenvalue weighted by atomic mass is 9.99. The summed E-state index contributed by atoms with van der Waals surface area (Å²) in [6.45, 7) is 4.15. The van der Waals surface area contributed by atoms with Gasteiger partial charge in [-0.15, -0.1) is 0 Å². The van der Waals surface area contributed by atoms with E-state index >= 15 is 0 Å². The molecular weight excluding hydrogens is 182 g/mol. The molecule has 4 heteroatoms. The van der Waals surface area contributed by atoms with Crippen molar-refractivity contribution < 1.29 is 14.6 Å². The summed E-state index contributed by atoms with van der Waals surface area (Å²) in [5, 5.41) is 8.75. The maximum absolute atomic E-state index is 11.2. The number of ether oxygens (including phenoxy) is 1. The Balaban J connectivity index is 2.28. The molecule has 1 aliphatic rings. The van der Waals surface area contributed by atoms with Crippen LogP contribution >= 0.6 is 0 Å². The largest absolute Gasteiger partial charge is 0.468 e. The molecule has 0 bridgehead atoms. The summed E-state index contributed by atoms with van der Waals surface area (Å²) in [7, 11) is 1.43. The van der Waals surface area contributed by atoms with E-state index in [0.717, 1.165) is 25.9 Å². The molecule has 1 saturated heterocycles. The van der Waals surface area contributed by atoms with Crippen LogP contribution in [0.5, 0.6) is 0 Å². The van der Waals surface area contributed by atoms with Gasteiger partial charge >= 0.3 is 5.97 Å². The van der Waals surface area contributed by atoms with Crippen molar-refractivity contribution in [3.05, 3.63) is 0 Å². The van der Waals surface area contributed by atoms with E-state index in [1.54, 1.807) is 0 Å². The molecule has 0 saturated carbocycles. The first-order chi connectivity index (χ1) is 6.69. The van der Waals surface area contributed by atoms with Gasteiger partial charge in [0.1, 0.15) is 6.04 Å². The number of carbonyl (C=O) groups is 1. The van der Waals surface area contributed by atoms with Gasteiger partial charge in [-0.25, -0.2) is 0 Å². The summed E-state index contributed by atoms with van der Waals surface area (Å²) in [5.74, 6) is 0.305. The van der Waals surface area contributed by atoms with E-state index in [2.05, 4.69) is 11.8 Å². The zero-order valence-electron chi connectivity index (χ0n) is 8.90. The van der Waals surface area contributed by atoms with Crippen molar-refractivity contribution in [3.63, 3.8) is 0 Å². The molecule has 0 aliphatic carbocycles. The van der Waals surface area contributed by atoms with Gasteiger partial charge in [-0.3, -0.25) is 9.69 Å². The number of hydrogen-bond donors (Lipinski definition) is 1. The molecule has 0 amide bonds. The molecule has 2 unspecified atom stereocenters. The van der Waals surface area contributed by atoms with Crippen LogP contribution in [0.2, 0.25) is 0 Å². The Labute approximate surface area is 84.8 Å². The Kier molecular flexibility index (Phi) is 4.35. The predicted octanol–water partition coefficient (Wildman–Crippen LogP) is 0.252. The molecule has 1 fully saturated rings. The van der Waals surface area contributed by atoms with Crippen LogP contribution < -0.4 is 0 Å². The number of esters is 1. The third-order valence-electron chi connectivity index (χ3n) is 2.77. The Morgan fingerprint density at radius 2 is 2.43 bits per heavy atom. The van der Waals surface area contributed by atoms with Gasteiger partial charge in [-0.1, -0.05) is 6.92 Å². The fourth-order valence-electron chi connectivity index (χ4n) is 1.77. The van der Waals surface area contributed by atoms with Crippen LogP contribution in [0, 0.1) is 5.92 Å². The number of rotatable bonds is 5. The van der Waals surface area contributed by atoms with Gasteiger partial charge in [-0.2, -0.15) is 0 Å². The maximum Gasteiger partial charge on any atom is 0.323 e. The Bertz CT molecular complexity index is 196. The van der Waals surface area contributed by atoms with Gasteiger partial charge in [-0.05, 0) is 18.8 Å². The molecule has 4 nitrogen and oxygen atoms in total. The third-order valence-corrected chi connectivity index (χ3v) is 2.77. The first kappa shape index (κ1) is 11.5. The average molecular weight is 201 g/mol. The highest BCUT2D eigenvalue weighted by Gasteiger charge is 2.35. The fraction of sp³-hybridized carbons (Fsp3) is 0.900. The highest BCUT2D eigenvalue weighted by atomic mass is 16.5. The molecular formula is C10H19NO3. The van der Waals surface area contributed by atoms with Gasteiger partial charge in [0, 0.05) is 19.7 Å². The lowest BCUT2D eigenvalue weighted by Crippen LogP contribution is -2.54. The Hall–Kier alpha value is -0.610. The lowest BCUT2D eigenvalue weighted by Gasteiger charge is -2.40. The van der Waals surface area contributed by atoms with Crippen molar-refractivity contribution in [2.45, 2.75) is 25.8 Å². The van der Waals surface area contributed by atoms with E-state index in [9.17, 15) is 4.79 Å². The van der Waals surface area contributed by atoms with Crippen LogP contribution in [0.15, 0.2) is 0 Å². The Morgan fingerprint density at radius 3 is 2.86 bits per heavy atom. The quantitative estimate of drug-likeness (QED) is 0.648. The topological polar surface area (TPSA) is 49.8 Å². The number of aliphatic hydroxyl groups is 1. The van der Waals surface area contributed by atoms with Crippen molar-refractivity contribution in [1.82, 2.24) is 4.90 Å². The number of methoxy groups -OCH3 is 1. The smallest absolute Gasteiger partial charge is 0.323 e. The second kappa shape index (κ2) is 5.32. The van der Waals surface area contributed by atoms with Gasteiger partial charge in [0.2, 0.25) is 0 Å². The van der Waals surface area contributed by atoms with Crippen LogP contribution in [-0.4, -0.2) is 48.8 Å². The van der Waals surface area contributed by atoms with Crippen LogP contribution in [0.4, 0.5) is 0 Å². The van der Waals surface area contributed by atoms with Crippen LogP contribution in [-0.2, 0) is 9.53 Å². The lowest BCUT2D eigenvalue weighted by molar-refractivity contribution is -0.152. The molecule has 14 heavy (non-hydrogen) atoms. The van der Waals surface area contributed by atoms with E-state index in [0.29, 0.717) is 5.92 Å². The minimum Gasteiger partial charge on any atom is -0.468 e. The van der Waals surface area contributed by atoms with Crippen molar-refractivity contribution in [2.75, 3.05) is 26.8 Å². The number of nitrogens with zero attached hydrogens (tertiary/aromatic N) is 1. The van der Waals surface area contributed by atoms with Gasteiger partial charge < -0.3 is 9.84 Å². The number of hydrogen-bond acceptors (Lipinski definition) is 4. The summed E-state index contributed by atoms with van der Waals surface area (Å²) in [6.07, 6.45) is 1.70. The second-order valence-corrected chi connectivity index (χ2v) is 3.94. The van der Waals surface area contributed by atoms with Crippen molar-refractivity contribution >= 4 is 5.97 Å². The molecule has 82 valence electrons. The van der Waals surface area contributed by atoms with E-state index in [1.807, 2.05) is 0 Å². The monoisotopic (exact) mass is 201 g/mol. The first-order valence-electron chi connectivity index (χ1n) is 5.11. The molecule has 1 N–H and O–H groups in total. The van der Waals surface area contributed by atoms with Crippen LogP contribution in [0.25, 0.3) is 0 Å². The van der Waals surface area contributed by atoms with Crippen molar-refractivity contribution in [3.8, 4) is 0 Å². The number of aliphatic hydroxyl groups excluding tert-OH is 1. The zero-order valence-corrected chi connectivity index (χ0v) is 8.90.